The maximum absolute atomic E-state index is 15.2. The molecule has 262 valence electrons. The number of ether oxygens (including phenoxy) is 1. The molecule has 0 saturated carbocycles. The van der Waals surface area contributed by atoms with Crippen LogP contribution in [0.1, 0.15) is 25.8 Å². The van der Waals surface area contributed by atoms with Gasteiger partial charge in [0.2, 0.25) is 11.8 Å². The van der Waals surface area contributed by atoms with Gasteiger partial charge < -0.3 is 24.5 Å². The number of likely N-dealkylation sites (tertiary alicyclic amines) is 1. The Balaban J connectivity index is 1.45. The monoisotopic (exact) mass is 713 g/mol. The molecule has 3 amide bonds. The fourth-order valence-corrected chi connectivity index (χ4v) is 10.8. The first-order chi connectivity index (χ1) is 24.2. The second-order valence-corrected chi connectivity index (χ2v) is 15.2. The summed E-state index contributed by atoms with van der Waals surface area (Å²) in [5.41, 5.74) is 2.24. The highest BCUT2D eigenvalue weighted by molar-refractivity contribution is 8.02. The number of aliphatic hydroxyl groups excluding tert-OH is 1. The number of hydrogen-bond donors (Lipinski definition) is 1. The van der Waals surface area contributed by atoms with Crippen LogP contribution in [0.15, 0.2) is 104 Å². The number of rotatable bonds is 14. The van der Waals surface area contributed by atoms with Gasteiger partial charge in [0, 0.05) is 34.7 Å². The minimum Gasteiger partial charge on any atom is -0.494 e. The number of nitrogens with zero attached hydrogens (tertiary/aromatic N) is 3. The van der Waals surface area contributed by atoms with Crippen LogP contribution >= 0.6 is 23.4 Å². The molecular weight excluding hydrogens is 670 g/mol. The van der Waals surface area contributed by atoms with Crippen molar-refractivity contribution < 1.29 is 24.2 Å². The molecule has 7 atom stereocenters. The predicted molar refractivity (Wildman–Crippen MR) is 201 cm³/mol. The average molecular weight is 714 g/mol. The molecular formula is C40H44ClN3O5S. The minimum absolute atomic E-state index is 0.0559. The number of aliphatic hydroxyl groups is 1. The van der Waals surface area contributed by atoms with Gasteiger partial charge in [-0.25, -0.2) is 0 Å². The van der Waals surface area contributed by atoms with Crippen LogP contribution in [-0.4, -0.2) is 76.1 Å². The van der Waals surface area contributed by atoms with Crippen LogP contribution in [0.2, 0.25) is 5.02 Å². The Morgan fingerprint density at radius 1 is 1.00 bits per heavy atom. The summed E-state index contributed by atoms with van der Waals surface area (Å²) < 4.78 is 4.74. The molecule has 10 heteroatoms. The topological polar surface area (TPSA) is 90.4 Å². The first-order valence-corrected chi connectivity index (χ1v) is 18.4. The van der Waals surface area contributed by atoms with Crippen molar-refractivity contribution in [1.29, 1.82) is 0 Å². The van der Waals surface area contributed by atoms with Gasteiger partial charge in [-0.2, -0.15) is 0 Å². The second kappa shape index (κ2) is 15.1. The summed E-state index contributed by atoms with van der Waals surface area (Å²) in [5, 5.41) is 11.3. The zero-order valence-electron chi connectivity index (χ0n) is 28.5. The van der Waals surface area contributed by atoms with E-state index in [1.54, 1.807) is 62.9 Å². The summed E-state index contributed by atoms with van der Waals surface area (Å²) >= 11 is 7.84. The molecule has 3 fully saturated rings. The van der Waals surface area contributed by atoms with Crippen molar-refractivity contribution in [3.05, 3.63) is 115 Å². The molecule has 0 radical (unpaired) electrons. The van der Waals surface area contributed by atoms with Gasteiger partial charge in [-0.1, -0.05) is 61.0 Å². The summed E-state index contributed by atoms with van der Waals surface area (Å²) in [4.78, 5) is 50.1. The molecule has 3 aromatic rings. The molecule has 3 aromatic carbocycles. The summed E-state index contributed by atoms with van der Waals surface area (Å²) in [6.45, 7) is 12.5. The van der Waals surface area contributed by atoms with Crippen molar-refractivity contribution >= 4 is 52.5 Å². The zero-order valence-corrected chi connectivity index (χ0v) is 30.1. The number of benzene rings is 3. The Morgan fingerprint density at radius 3 is 2.18 bits per heavy atom. The summed E-state index contributed by atoms with van der Waals surface area (Å²) in [6.07, 6.45) is 4.38. The Kier molecular flexibility index (Phi) is 10.8. The quantitative estimate of drug-likeness (QED) is 0.194. The number of fused-ring (bicyclic) bond motifs is 1. The van der Waals surface area contributed by atoms with Crippen LogP contribution < -0.4 is 14.5 Å². The second-order valence-electron chi connectivity index (χ2n) is 13.2. The van der Waals surface area contributed by atoms with Gasteiger partial charge in [0.05, 0.1) is 35.8 Å². The van der Waals surface area contributed by atoms with E-state index in [1.165, 1.54) is 0 Å². The number of thioether (sulfide) groups is 1. The van der Waals surface area contributed by atoms with Crippen LogP contribution in [0.25, 0.3) is 0 Å². The summed E-state index contributed by atoms with van der Waals surface area (Å²) in [5.74, 6) is -1.49. The third-order valence-corrected chi connectivity index (χ3v) is 12.7. The van der Waals surface area contributed by atoms with Gasteiger partial charge in [0.25, 0.3) is 5.91 Å². The summed E-state index contributed by atoms with van der Waals surface area (Å²) in [7, 11) is 0. The lowest BCUT2D eigenvalue weighted by Gasteiger charge is -2.42. The third kappa shape index (κ3) is 6.24. The Morgan fingerprint density at radius 2 is 1.60 bits per heavy atom. The van der Waals surface area contributed by atoms with E-state index in [0.29, 0.717) is 41.6 Å². The van der Waals surface area contributed by atoms with Crippen LogP contribution in [0, 0.1) is 17.8 Å². The molecule has 3 unspecified atom stereocenters. The Labute approximate surface area is 303 Å². The van der Waals surface area contributed by atoms with Gasteiger partial charge in [-0.15, -0.1) is 24.9 Å². The molecule has 0 aliphatic carbocycles. The van der Waals surface area contributed by atoms with E-state index in [1.807, 2.05) is 61.5 Å². The number of anilines is 2. The smallest absolute Gasteiger partial charge is 0.251 e. The van der Waals surface area contributed by atoms with Gasteiger partial charge in [0.1, 0.15) is 11.8 Å². The van der Waals surface area contributed by atoms with Crippen molar-refractivity contribution in [3.63, 3.8) is 0 Å². The fourth-order valence-electron chi connectivity index (χ4n) is 8.29. The molecule has 50 heavy (non-hydrogen) atoms. The fraction of sp³-hybridized carbons (Fsp3) is 0.375. The highest BCUT2D eigenvalue weighted by Crippen LogP contribution is 2.69. The predicted octanol–water partition coefficient (Wildman–Crippen LogP) is 6.42. The van der Waals surface area contributed by atoms with Crippen molar-refractivity contribution in [2.75, 3.05) is 36.1 Å². The van der Waals surface area contributed by atoms with Gasteiger partial charge in [-0.3, -0.25) is 14.4 Å². The lowest BCUT2D eigenvalue weighted by molar-refractivity contribution is -0.141. The van der Waals surface area contributed by atoms with Gasteiger partial charge in [-0.05, 0) is 79.8 Å². The molecule has 0 aromatic heterocycles. The Hall–Kier alpha value is -4.05. The third-order valence-electron chi connectivity index (χ3n) is 10.4. The van der Waals surface area contributed by atoms with Crippen molar-refractivity contribution in [2.45, 2.75) is 48.8 Å². The maximum atomic E-state index is 15.2. The first-order valence-electron chi connectivity index (χ1n) is 17.2. The highest BCUT2D eigenvalue weighted by Gasteiger charge is 2.77. The SMILES string of the molecule is C=CCN(C(=O)C1N([C@@H](CO)Cc2ccccc2)C(=O)[C@@H]2[C@@H](C(=O)N(CC=C)c3ccc(OCC)cc3)[C@H]3CC(C)C12S3)c1ccc(Cl)cc1. The van der Waals surface area contributed by atoms with Crippen molar-refractivity contribution in [3.8, 4) is 5.75 Å². The van der Waals surface area contributed by atoms with Gasteiger partial charge in [0.15, 0.2) is 0 Å². The van der Waals surface area contributed by atoms with E-state index in [4.69, 9.17) is 16.3 Å². The zero-order chi connectivity index (χ0) is 35.6. The number of carbonyl (C=O) groups is 3. The number of halogens is 1. The van der Waals surface area contributed by atoms with Gasteiger partial charge >= 0.3 is 0 Å². The molecule has 3 heterocycles. The van der Waals surface area contributed by atoms with Crippen LogP contribution in [-0.2, 0) is 20.8 Å². The molecule has 8 nitrogen and oxygen atoms in total. The van der Waals surface area contributed by atoms with Crippen molar-refractivity contribution in [1.82, 2.24) is 4.90 Å². The normalized spacial score (nSPS) is 25.6. The molecule has 1 N–H and O–H groups in total. The molecule has 3 saturated heterocycles. The Bertz CT molecular complexity index is 1720. The van der Waals surface area contributed by atoms with Crippen molar-refractivity contribution in [2.24, 2.45) is 17.8 Å². The number of carbonyl (C=O) groups excluding carboxylic acids is 3. The lowest BCUT2D eigenvalue weighted by atomic mass is 9.65. The highest BCUT2D eigenvalue weighted by atomic mass is 35.5. The largest absolute Gasteiger partial charge is 0.494 e. The maximum Gasteiger partial charge on any atom is 0.251 e. The number of hydrogen-bond acceptors (Lipinski definition) is 6. The van der Waals surface area contributed by atoms with E-state index in [9.17, 15) is 9.90 Å². The molecule has 2 bridgehead atoms. The standard InChI is InChI=1S/C40H44ClN3O5S/c1-5-21-42(30-17-19-32(20-18-30)49-7-3)37(46)34-33-23-26(4)40(50-33)35(34)38(47)44(31(25-45)24-27-11-9-8-10-12-27)36(40)39(48)43(22-6-2)29-15-13-28(41)14-16-29/h5-6,8-20,26,31,33-36,45H,1-2,7,21-25H2,3-4H3/t26?,31-,33-,34+,35+,36?,40?/m1/s1. The van der Waals surface area contributed by atoms with E-state index in [-0.39, 0.29) is 48.6 Å². The molecule has 3 aliphatic heterocycles. The van der Waals surface area contributed by atoms with E-state index in [0.717, 1.165) is 5.56 Å². The number of amides is 3. The molecule has 3 aliphatic rings. The minimum atomic E-state index is -0.933. The van der Waals surface area contributed by atoms with Crippen LogP contribution in [0.4, 0.5) is 11.4 Å². The lowest BCUT2D eigenvalue weighted by Crippen LogP contribution is -2.59. The molecule has 6 rings (SSSR count). The van der Waals surface area contributed by atoms with Crippen LogP contribution in [0.5, 0.6) is 5.75 Å². The average Bonchev–Trinajstić information content (AvgIpc) is 3.73. The molecule has 1 spiro atoms. The van der Waals surface area contributed by atoms with Crippen LogP contribution in [0.3, 0.4) is 0 Å². The van der Waals surface area contributed by atoms with E-state index < -0.39 is 28.7 Å². The van der Waals surface area contributed by atoms with E-state index >= 15 is 9.59 Å². The first kappa shape index (κ1) is 35.8. The van der Waals surface area contributed by atoms with E-state index in [2.05, 4.69) is 20.1 Å². The summed E-state index contributed by atoms with van der Waals surface area (Å²) in [6, 6.07) is 22.4.